The molecule has 6 rings (SSSR count). The van der Waals surface area contributed by atoms with Crippen molar-refractivity contribution in [2.75, 3.05) is 20.8 Å². The minimum atomic E-state index is -4.49. The Bertz CT molecular complexity index is 1810. The number of ether oxygens (including phenoxy) is 3. The highest BCUT2D eigenvalue weighted by Crippen LogP contribution is 2.62. The van der Waals surface area contributed by atoms with Gasteiger partial charge in [-0.2, -0.15) is 0 Å². The third-order valence-electron chi connectivity index (χ3n) is 11.1. The van der Waals surface area contributed by atoms with Crippen LogP contribution in [0.15, 0.2) is 93.2 Å². The van der Waals surface area contributed by atoms with Crippen molar-refractivity contribution in [3.63, 3.8) is 0 Å². The lowest BCUT2D eigenvalue weighted by Crippen LogP contribution is -2.50. The van der Waals surface area contributed by atoms with Crippen molar-refractivity contribution in [1.82, 2.24) is 0 Å². The van der Waals surface area contributed by atoms with Crippen LogP contribution in [0.4, 0.5) is 0 Å². The number of benzene rings is 2. The summed E-state index contributed by atoms with van der Waals surface area (Å²) in [5, 5.41) is 0. The van der Waals surface area contributed by atoms with Gasteiger partial charge in [0.25, 0.3) is 0 Å². The first-order valence-corrected chi connectivity index (χ1v) is 19.2. The SMILES string of the molecule is CCOC(=O)[C@@H]1CC2=C(CCC3=CCC(S(=O)(=O)c4ccccc4)(S(=O)(=O)c4ccccc4)C[C@@H]32)[C@@H]2CC(C(=O)OC)(C(=O)OC)C[C@@H]12. The molecule has 10 nitrogen and oxygen atoms in total. The fraction of sp³-hybridized carbons (Fsp3) is 0.472. The van der Waals surface area contributed by atoms with Crippen molar-refractivity contribution >= 4 is 37.6 Å². The number of hydrogen-bond donors (Lipinski definition) is 0. The molecular weight excluding hydrogens is 657 g/mol. The van der Waals surface area contributed by atoms with E-state index in [4.69, 9.17) is 14.2 Å². The number of methoxy groups -OCH3 is 2. The van der Waals surface area contributed by atoms with Gasteiger partial charge in [-0.15, -0.1) is 0 Å². The summed E-state index contributed by atoms with van der Waals surface area (Å²) >= 11 is 0. The molecule has 0 saturated heterocycles. The summed E-state index contributed by atoms with van der Waals surface area (Å²) in [7, 11) is -6.56. The largest absolute Gasteiger partial charge is 0.468 e. The maximum atomic E-state index is 14.7. The summed E-state index contributed by atoms with van der Waals surface area (Å²) in [6, 6.07) is 15.3. The number of sulfone groups is 2. The summed E-state index contributed by atoms with van der Waals surface area (Å²) in [6.07, 6.45) is 2.75. The van der Waals surface area contributed by atoms with Crippen LogP contribution in [0.2, 0.25) is 0 Å². The van der Waals surface area contributed by atoms with E-state index in [1.165, 1.54) is 38.5 Å². The third-order valence-corrected chi connectivity index (χ3v) is 16.8. The molecule has 0 aromatic heterocycles. The van der Waals surface area contributed by atoms with Crippen LogP contribution in [-0.4, -0.2) is 59.6 Å². The predicted molar refractivity (Wildman–Crippen MR) is 174 cm³/mol. The molecule has 1 saturated carbocycles. The highest BCUT2D eigenvalue weighted by Gasteiger charge is 2.64. The summed E-state index contributed by atoms with van der Waals surface area (Å²) in [6.45, 7) is 1.82. The normalized spacial score (nSPS) is 25.9. The second-order valence-corrected chi connectivity index (χ2v) is 17.9. The van der Waals surface area contributed by atoms with E-state index in [-0.39, 0.29) is 48.5 Å². The molecule has 4 aliphatic carbocycles. The number of fused-ring (bicyclic) bond motifs is 4. The van der Waals surface area contributed by atoms with Gasteiger partial charge in [-0.1, -0.05) is 59.2 Å². The van der Waals surface area contributed by atoms with Gasteiger partial charge in [-0.3, -0.25) is 14.4 Å². The van der Waals surface area contributed by atoms with E-state index in [0.717, 1.165) is 16.7 Å². The Morgan fingerprint density at radius 3 is 1.85 bits per heavy atom. The van der Waals surface area contributed by atoms with Crippen LogP contribution in [0.5, 0.6) is 0 Å². The number of rotatable bonds is 8. The van der Waals surface area contributed by atoms with E-state index in [2.05, 4.69) is 0 Å². The molecule has 0 radical (unpaired) electrons. The first-order chi connectivity index (χ1) is 22.9. The zero-order chi connectivity index (χ0) is 34.5. The van der Waals surface area contributed by atoms with Crippen LogP contribution in [0.25, 0.3) is 0 Å². The van der Waals surface area contributed by atoms with Crippen LogP contribution < -0.4 is 0 Å². The second-order valence-electron chi connectivity index (χ2n) is 13.1. The smallest absolute Gasteiger partial charge is 0.323 e. The van der Waals surface area contributed by atoms with Gasteiger partial charge in [0.2, 0.25) is 0 Å². The molecule has 0 spiro atoms. The number of esters is 3. The summed E-state index contributed by atoms with van der Waals surface area (Å²) in [5.74, 6) is -4.09. The standard InChI is InChI=1S/C36H40O10S2/c1-4-46-32(37)28-19-27-26(30-20-35(21-31(28)30,33(38)44-2)34(39)45-3)16-15-23-17-18-36(22-29(23)27,47(40,41)24-11-7-5-8-12-24)48(42,43)25-13-9-6-10-14-25/h5-14,17,28-31H,4,15-16,18-22H2,1-3H3/t28-,29+,30+,31+/m1/s1. The third kappa shape index (κ3) is 5.05. The summed E-state index contributed by atoms with van der Waals surface area (Å²) in [5.41, 5.74) is 1.06. The lowest BCUT2D eigenvalue weighted by Gasteiger charge is -2.47. The second kappa shape index (κ2) is 12.6. The first-order valence-electron chi connectivity index (χ1n) is 16.2. The molecule has 0 bridgehead atoms. The molecule has 0 amide bonds. The fourth-order valence-electron chi connectivity index (χ4n) is 8.81. The molecule has 4 atom stereocenters. The maximum Gasteiger partial charge on any atom is 0.323 e. The average Bonchev–Trinajstić information content (AvgIpc) is 3.53. The highest BCUT2D eigenvalue weighted by molar-refractivity contribution is 8.10. The predicted octanol–water partition coefficient (Wildman–Crippen LogP) is 5.00. The lowest BCUT2D eigenvalue weighted by atomic mass is 9.61. The fourth-order valence-corrected chi connectivity index (χ4v) is 13.8. The molecule has 2 aromatic rings. The van der Waals surface area contributed by atoms with Gasteiger partial charge in [0.1, 0.15) is 0 Å². The zero-order valence-corrected chi connectivity index (χ0v) is 28.8. The molecule has 4 aliphatic rings. The maximum absolute atomic E-state index is 14.7. The Kier molecular flexibility index (Phi) is 8.95. The quantitative estimate of drug-likeness (QED) is 0.160. The number of carbonyl (C=O) groups excluding carboxylic acids is 3. The van der Waals surface area contributed by atoms with Gasteiger partial charge in [-0.25, -0.2) is 16.8 Å². The van der Waals surface area contributed by atoms with Crippen LogP contribution in [0.1, 0.15) is 51.9 Å². The van der Waals surface area contributed by atoms with Gasteiger partial charge in [0, 0.05) is 12.3 Å². The van der Waals surface area contributed by atoms with Gasteiger partial charge in [0.15, 0.2) is 29.2 Å². The molecular formula is C36H40O10S2. The monoisotopic (exact) mass is 696 g/mol. The van der Waals surface area contributed by atoms with Crippen LogP contribution in [0.3, 0.4) is 0 Å². The van der Waals surface area contributed by atoms with Crippen molar-refractivity contribution < 1.29 is 45.4 Å². The van der Waals surface area contributed by atoms with Crippen LogP contribution in [0, 0.1) is 29.1 Å². The van der Waals surface area contributed by atoms with Crippen LogP contribution in [-0.2, 0) is 48.3 Å². The van der Waals surface area contributed by atoms with Gasteiger partial charge in [0.05, 0.1) is 36.5 Å². The van der Waals surface area contributed by atoms with Gasteiger partial charge in [-0.05, 0) is 81.5 Å². The molecule has 0 aliphatic heterocycles. The molecule has 1 fully saturated rings. The van der Waals surface area contributed by atoms with Crippen molar-refractivity contribution in [1.29, 1.82) is 0 Å². The van der Waals surface area contributed by atoms with Crippen molar-refractivity contribution in [3.05, 3.63) is 83.5 Å². The molecule has 12 heteroatoms. The minimum absolute atomic E-state index is 0.0410. The Labute approximate surface area is 281 Å². The summed E-state index contributed by atoms with van der Waals surface area (Å²) in [4.78, 5) is 39.9. The number of hydrogen-bond acceptors (Lipinski definition) is 10. The number of carbonyl (C=O) groups is 3. The molecule has 0 unspecified atom stereocenters. The average molecular weight is 697 g/mol. The van der Waals surface area contributed by atoms with Crippen molar-refractivity contribution in [2.24, 2.45) is 29.1 Å². The molecule has 2 aromatic carbocycles. The Balaban J connectivity index is 1.53. The minimum Gasteiger partial charge on any atom is -0.468 e. The molecule has 0 heterocycles. The Hall–Kier alpha value is -3.77. The van der Waals surface area contributed by atoms with Gasteiger partial charge < -0.3 is 14.2 Å². The summed E-state index contributed by atoms with van der Waals surface area (Å²) < 4.78 is 72.3. The van der Waals surface area contributed by atoms with E-state index in [0.29, 0.717) is 12.8 Å². The Morgan fingerprint density at radius 2 is 1.33 bits per heavy atom. The topological polar surface area (TPSA) is 147 Å². The van der Waals surface area contributed by atoms with Gasteiger partial charge >= 0.3 is 17.9 Å². The molecule has 256 valence electrons. The highest BCUT2D eigenvalue weighted by atomic mass is 32.3. The first kappa shape index (κ1) is 34.1. The number of allylic oxidation sites excluding steroid dienone is 4. The Morgan fingerprint density at radius 1 is 0.771 bits per heavy atom. The van der Waals surface area contributed by atoms with E-state index < -0.39 is 70.7 Å². The van der Waals surface area contributed by atoms with Crippen molar-refractivity contribution in [2.45, 2.75) is 65.7 Å². The van der Waals surface area contributed by atoms with Crippen LogP contribution >= 0.6 is 0 Å². The zero-order valence-electron chi connectivity index (χ0n) is 27.2. The van der Waals surface area contributed by atoms with E-state index in [1.54, 1.807) is 49.4 Å². The molecule has 48 heavy (non-hydrogen) atoms. The van der Waals surface area contributed by atoms with Crippen molar-refractivity contribution in [3.8, 4) is 0 Å². The lowest BCUT2D eigenvalue weighted by molar-refractivity contribution is -0.169. The van der Waals surface area contributed by atoms with E-state index >= 15 is 0 Å². The van der Waals surface area contributed by atoms with E-state index in [1.807, 2.05) is 0 Å². The molecule has 0 N–H and O–H groups in total. The van der Waals surface area contributed by atoms with E-state index in [9.17, 15) is 31.2 Å².